The fourth-order valence-electron chi connectivity index (χ4n) is 5.32. The molecule has 2 saturated heterocycles. The van der Waals surface area contributed by atoms with Crippen molar-refractivity contribution < 1.29 is 60.7 Å². The number of aliphatic hydroxyl groups excluding tert-OH is 1. The van der Waals surface area contributed by atoms with Gasteiger partial charge >= 0.3 is 29.0 Å². The minimum atomic E-state index is -1.18. The van der Waals surface area contributed by atoms with Crippen LogP contribution in [0.25, 0.3) is 0 Å². The number of nitrogens with zero attached hydrogens (tertiary/aromatic N) is 6. The van der Waals surface area contributed by atoms with Crippen LogP contribution in [-0.4, -0.2) is 152 Å². The van der Waals surface area contributed by atoms with E-state index in [1.54, 1.807) is 66.9 Å². The van der Waals surface area contributed by atoms with Crippen LogP contribution in [0, 0.1) is 6.92 Å². The second-order valence-electron chi connectivity index (χ2n) is 18.1. The number of morpholine rings is 1. The van der Waals surface area contributed by atoms with Crippen LogP contribution in [-0.2, 0) is 31.4 Å². The standard InChI is InChI=1S/C12H19BrN2OS.C10H11BrN2O2.C8H11BrN2.C8H8BrNO.C6H4BrNO2.C4H11NOS.C4H8O.C2H5.CH3F.CH4O.2ClH.Mg/c1-5-10(15-17(16)12(2,3)4)11-8-9(13)6-7-14-11;11-8-1-2-12-9(7-8)10(14)13-3-5-15-6-4-13;1-2-7(10)8-5-6(9)3-4-11-8;1-2-8(11)7-5-6(9)3-4-10-7;7-4-1-2-8-5(3-4)6(9)10;1-4(2,3)7(5)6;1-2-4-5-3-1;3*1-2;;;/h6-8,10,15H,5H2,1-4H3;1-2,7H,3-6H2;3-5,7H,2,10H2,1H3;3-5H,2H2,1H3;1-3H,(H,9,10);5H2,1-3H3;1-4H2;1H2,2H3;1H3;2H,1H3;2*1H;/q;;;;;;;-1;;;;;+2/p-1/t10-,17+;;7-;;;7-;;;;;;;/m0.0..1......./s1/i;;;;;;;;1D;;;;. The summed E-state index contributed by atoms with van der Waals surface area (Å²) >= 11 is 16.5. The minimum Gasteiger partial charge on any atom is -1.00 e. The number of halogens is 8. The van der Waals surface area contributed by atoms with Crippen molar-refractivity contribution in [2.75, 3.05) is 53.8 Å². The zero-order valence-corrected chi connectivity index (χ0v) is 62.7. The number of aromatic nitrogens is 5. The molecule has 0 bridgehead atoms. The minimum absolute atomic E-state index is 0. The van der Waals surface area contributed by atoms with Crippen molar-refractivity contribution in [1.29, 1.82) is 0 Å². The van der Waals surface area contributed by atoms with Crippen molar-refractivity contribution >= 4 is 155 Å². The molecule has 0 radical (unpaired) electrons. The third kappa shape index (κ3) is 45.9. The molecule has 4 atom stereocenters. The molecule has 0 spiro atoms. The number of carboxylic acids is 1. The molecular formula is C56H85Br5Cl2FMgN9O9S2. The van der Waals surface area contributed by atoms with Gasteiger partial charge in [0.1, 0.15) is 17.1 Å². The van der Waals surface area contributed by atoms with Crippen molar-refractivity contribution in [2.24, 2.45) is 10.9 Å². The molecule has 0 saturated carbocycles. The number of Topliss-reactive ketones (excluding diaryl/α,β-unsaturated/α-hetero) is 1. The fraction of sp³-hybridized carbons (Fsp3) is 0.482. The molecule has 478 valence electrons. The van der Waals surface area contributed by atoms with Gasteiger partial charge in [0.2, 0.25) is 0 Å². The van der Waals surface area contributed by atoms with Crippen LogP contribution in [0.5, 0.6) is 0 Å². The number of pyridine rings is 5. The summed E-state index contributed by atoms with van der Waals surface area (Å²) < 4.78 is 55.2. The van der Waals surface area contributed by atoms with Crippen LogP contribution in [0.3, 0.4) is 0 Å². The van der Waals surface area contributed by atoms with Crippen molar-refractivity contribution in [2.45, 2.75) is 123 Å². The van der Waals surface area contributed by atoms with Crippen molar-refractivity contribution in [1.82, 2.24) is 34.5 Å². The molecule has 7 N–H and O–H groups in total. The quantitative estimate of drug-likeness (QED) is 0.0494. The predicted molar refractivity (Wildman–Crippen MR) is 361 cm³/mol. The summed E-state index contributed by atoms with van der Waals surface area (Å²) in [5, 5.41) is 20.5. The summed E-state index contributed by atoms with van der Waals surface area (Å²) in [7, 11) is -2.26. The number of carbonyl (C=O) groups excluding carboxylic acids is 2. The summed E-state index contributed by atoms with van der Waals surface area (Å²) in [6.07, 6.45) is 13.0. The van der Waals surface area contributed by atoms with E-state index in [9.17, 15) is 27.2 Å². The number of ether oxygens (including phenoxy) is 2. The van der Waals surface area contributed by atoms with E-state index in [2.05, 4.69) is 123 Å². The first-order valence-corrected chi connectivity index (χ1v) is 31.9. The van der Waals surface area contributed by atoms with Crippen molar-refractivity contribution in [3.05, 3.63) is 149 Å². The Morgan fingerprint density at radius 1 is 0.694 bits per heavy atom. The van der Waals surface area contributed by atoms with Crippen LogP contribution in [0.2, 0.25) is 0 Å². The second kappa shape index (κ2) is 56.1. The van der Waals surface area contributed by atoms with Crippen molar-refractivity contribution in [3.63, 3.8) is 0 Å². The van der Waals surface area contributed by atoms with Gasteiger partial charge < -0.3 is 49.7 Å². The van der Waals surface area contributed by atoms with Crippen LogP contribution < -0.4 is 28.0 Å². The Balaban J connectivity index is -0.000000216. The van der Waals surface area contributed by atoms with E-state index in [1.165, 1.54) is 25.1 Å². The van der Waals surface area contributed by atoms with E-state index in [-0.39, 0.29) is 86.8 Å². The molecule has 5 aromatic rings. The number of amides is 1. The van der Waals surface area contributed by atoms with E-state index in [0.29, 0.717) is 44.1 Å². The smallest absolute Gasteiger partial charge is 1.00 e. The van der Waals surface area contributed by atoms with E-state index in [0.717, 1.165) is 66.9 Å². The molecule has 29 heteroatoms. The average molecular weight is 1610 g/mol. The summed E-state index contributed by atoms with van der Waals surface area (Å²) in [4.78, 5) is 55.1. The van der Waals surface area contributed by atoms with Crippen molar-refractivity contribution in [3.8, 4) is 0 Å². The van der Waals surface area contributed by atoms with Gasteiger partial charge in [-0.25, -0.2) is 22.9 Å². The third-order valence-electron chi connectivity index (χ3n) is 9.82. The summed E-state index contributed by atoms with van der Waals surface area (Å²) in [5.41, 5.74) is 8.70. The number of hydrogen-bond donors (Lipinski definition) is 5. The Morgan fingerprint density at radius 3 is 1.38 bits per heavy atom. The molecule has 0 aromatic carbocycles. The number of rotatable bonds is 10. The molecule has 2 fully saturated rings. The maximum atomic E-state index is 12.1. The SMILES string of the molecule is C1CCOC1.CC(C)(C)[S@](N)=O.CCC(=O)c1cc(Br)ccn1.CC[C@H](N)c1cc(Br)ccn1.CC[C@H](N[S@](=O)C(C)(C)C)c1cc(Br)ccn1.CO.Cl.O=C(O)c1cc(Br)ccn1.O=C(c1cc(Br)ccn1)N1CCOCC1.[2H]CF.[CH2-]C.[Cl-].[Mg+2]. The maximum Gasteiger partial charge on any atom is 2.00 e. The Morgan fingerprint density at radius 2 is 1.05 bits per heavy atom. The topological polar surface area (TPSA) is 276 Å². The number of alkyl halides is 1. The maximum absolute atomic E-state index is 12.1. The van der Waals surface area contributed by atoms with Gasteiger partial charge in [-0.2, -0.15) is 6.92 Å². The number of nitrogens with one attached hydrogen (secondary N) is 1. The molecule has 2 aliphatic heterocycles. The Labute approximate surface area is 581 Å². The number of carboxylic acid groups (broad SMARTS) is 1. The van der Waals surface area contributed by atoms with Gasteiger partial charge in [-0.3, -0.25) is 39.1 Å². The Hall–Kier alpha value is -1.90. The summed E-state index contributed by atoms with van der Waals surface area (Å²) in [5.74, 6) is -0.966. The molecule has 5 aromatic heterocycles. The summed E-state index contributed by atoms with van der Waals surface area (Å²) in [6.45, 7) is 26.8. The molecule has 0 unspecified atom stereocenters. The molecule has 2 aliphatic rings. The van der Waals surface area contributed by atoms with Gasteiger partial charge in [0, 0.05) is 99.2 Å². The molecule has 1 amide bonds. The zero-order valence-electron chi connectivity index (χ0n) is 51.2. The normalized spacial score (nSPS) is 13.2. The van der Waals surface area contributed by atoms with Crippen LogP contribution in [0.1, 0.15) is 158 Å². The number of aromatic carboxylic acids is 1. The monoisotopic (exact) mass is 1600 g/mol. The first-order valence-electron chi connectivity index (χ1n) is 26.2. The van der Waals surface area contributed by atoms with Gasteiger partial charge in [0.25, 0.3) is 5.91 Å². The number of carbonyl (C=O) groups is 3. The van der Waals surface area contributed by atoms with Gasteiger partial charge in [-0.15, -0.1) is 12.4 Å². The molecular weight excluding hydrogens is 1520 g/mol. The Kier molecular flexibility index (Phi) is 60.6. The predicted octanol–water partition coefficient (Wildman–Crippen LogP) is 10.2. The van der Waals surface area contributed by atoms with Gasteiger partial charge in [0.05, 0.1) is 70.6 Å². The summed E-state index contributed by atoms with van der Waals surface area (Å²) in [6, 6.07) is 18.0. The van der Waals surface area contributed by atoms with Crippen LogP contribution >= 0.6 is 92.1 Å². The first kappa shape index (κ1) is 91.8. The van der Waals surface area contributed by atoms with Gasteiger partial charge in [-0.1, -0.05) is 100 Å². The number of aliphatic hydroxyl groups is 1. The first-order chi connectivity index (χ1) is 39.1. The van der Waals surface area contributed by atoms with E-state index in [1.807, 2.05) is 79.7 Å². The van der Waals surface area contributed by atoms with E-state index < -0.39 is 35.1 Å². The molecule has 18 nitrogen and oxygen atoms in total. The second-order valence-corrected chi connectivity index (χ2v) is 26.5. The van der Waals surface area contributed by atoms with E-state index in [4.69, 9.17) is 31.9 Å². The number of ketones is 1. The molecule has 7 heterocycles. The fourth-order valence-corrected chi connectivity index (χ4v) is 7.93. The van der Waals surface area contributed by atoms with Crippen LogP contribution in [0.4, 0.5) is 4.39 Å². The molecule has 0 aliphatic carbocycles. The average Bonchev–Trinajstić information content (AvgIpc) is 4.22. The largest absolute Gasteiger partial charge is 2.00 e. The Bertz CT molecular complexity index is 2620. The zero-order chi connectivity index (χ0) is 64.1. The number of hydrogen-bond acceptors (Lipinski definition) is 14. The number of nitrogens with two attached hydrogens (primary N) is 2. The third-order valence-corrected chi connectivity index (χ3v) is 15.1. The van der Waals surface area contributed by atoms with Gasteiger partial charge in [-0.05, 0) is 128 Å². The molecule has 85 heavy (non-hydrogen) atoms. The van der Waals surface area contributed by atoms with E-state index >= 15 is 0 Å². The van der Waals surface area contributed by atoms with Crippen LogP contribution in [0.15, 0.2) is 114 Å². The molecule has 7 rings (SSSR count). The van der Waals surface area contributed by atoms with Gasteiger partial charge in [0.15, 0.2) is 5.78 Å².